The van der Waals surface area contributed by atoms with Crippen LogP contribution in [0.5, 0.6) is 0 Å². The van der Waals surface area contributed by atoms with Crippen molar-refractivity contribution in [3.8, 4) is 0 Å². The first-order valence-corrected chi connectivity index (χ1v) is 5.73. The molecule has 0 bridgehead atoms. The summed E-state index contributed by atoms with van der Waals surface area (Å²) >= 11 is -2.13. The highest BCUT2D eigenvalue weighted by molar-refractivity contribution is 7.78. The number of hydrogen-bond donors (Lipinski definition) is 0. The van der Waals surface area contributed by atoms with Crippen molar-refractivity contribution in [1.29, 1.82) is 0 Å². The Labute approximate surface area is 87.4 Å². The molecular weight excluding hydrogens is 198 g/mol. The largest absolute Gasteiger partial charge is 0.724 e. The van der Waals surface area contributed by atoms with Crippen LogP contribution in [0.1, 0.15) is 13.8 Å². The van der Waals surface area contributed by atoms with Crippen LogP contribution in [0.2, 0.25) is 0 Å². The number of benzene rings is 1. The molecule has 0 aliphatic carbocycles. The van der Waals surface area contributed by atoms with Gasteiger partial charge in [-0.15, -0.1) is 0 Å². The lowest BCUT2D eigenvalue weighted by molar-refractivity contribution is 0.407. The monoisotopic (exact) mass is 213 g/mol. The highest BCUT2D eigenvalue weighted by Gasteiger charge is 2.28. The number of hydrogen-bond acceptors (Lipinski definition) is 2. The van der Waals surface area contributed by atoms with E-state index in [9.17, 15) is 8.76 Å². The second-order valence-corrected chi connectivity index (χ2v) is 4.21. The Balaban J connectivity index is 3.18. The minimum absolute atomic E-state index is 0.000833. The van der Waals surface area contributed by atoms with Crippen molar-refractivity contribution in [1.82, 2.24) is 3.89 Å². The lowest BCUT2D eigenvalue weighted by Gasteiger charge is -2.35. The number of para-hydroxylation sites is 1. The number of rotatable bonds is 4. The third kappa shape index (κ3) is 1.87. The van der Waals surface area contributed by atoms with Crippen molar-refractivity contribution in [2.45, 2.75) is 13.8 Å². The van der Waals surface area contributed by atoms with E-state index < -0.39 is 11.3 Å². The zero-order valence-electron chi connectivity index (χ0n) is 8.47. The molecule has 0 spiro atoms. The Bertz CT molecular complexity index is 309. The van der Waals surface area contributed by atoms with Gasteiger partial charge in [0.15, 0.2) is 11.3 Å². The Kier molecular flexibility index (Phi) is 3.80. The molecule has 0 aliphatic rings. The van der Waals surface area contributed by atoms with Crippen LogP contribution in [0.15, 0.2) is 30.3 Å². The van der Waals surface area contributed by atoms with Gasteiger partial charge in [0, 0.05) is 12.1 Å². The molecule has 0 N–H and O–H groups in total. The maximum Gasteiger partial charge on any atom is 0.153 e. The molecule has 3 nitrogen and oxygen atoms in total. The molecule has 1 aromatic rings. The maximum absolute atomic E-state index is 11.3. The Morgan fingerprint density at radius 3 is 2.07 bits per heavy atom. The van der Waals surface area contributed by atoms with E-state index in [1.807, 2.05) is 44.2 Å². The van der Waals surface area contributed by atoms with Crippen LogP contribution in [0.3, 0.4) is 0 Å². The molecular formula is C10H15NO2S. The van der Waals surface area contributed by atoms with Gasteiger partial charge in [0.05, 0.1) is 13.1 Å². The van der Waals surface area contributed by atoms with E-state index in [2.05, 4.69) is 0 Å². The summed E-state index contributed by atoms with van der Waals surface area (Å²) in [6.07, 6.45) is 0. The molecule has 0 saturated heterocycles. The van der Waals surface area contributed by atoms with Crippen LogP contribution < -0.4 is 3.89 Å². The first-order chi connectivity index (χ1) is 6.67. The van der Waals surface area contributed by atoms with Crippen molar-refractivity contribution in [3.63, 3.8) is 0 Å². The van der Waals surface area contributed by atoms with Gasteiger partial charge in [-0.05, 0) is 13.8 Å². The lowest BCUT2D eigenvalue weighted by Crippen LogP contribution is -2.50. The summed E-state index contributed by atoms with van der Waals surface area (Å²) in [4.78, 5) is 0. The summed E-state index contributed by atoms with van der Waals surface area (Å²) < 4.78 is 22.5. The quantitative estimate of drug-likeness (QED) is 0.565. The summed E-state index contributed by atoms with van der Waals surface area (Å²) in [7, 11) is 0. The fourth-order valence-corrected chi connectivity index (χ4v) is 2.30. The molecule has 0 saturated carbocycles. The second kappa shape index (κ2) is 4.68. The predicted molar refractivity (Wildman–Crippen MR) is 58.2 cm³/mol. The van der Waals surface area contributed by atoms with Crippen LogP contribution in [-0.4, -0.2) is 21.9 Å². The molecule has 0 fully saturated rings. The molecule has 0 heterocycles. The van der Waals surface area contributed by atoms with Gasteiger partial charge in [-0.2, -0.15) is 0 Å². The van der Waals surface area contributed by atoms with Crippen molar-refractivity contribution in [2.24, 2.45) is 0 Å². The molecule has 0 aromatic heterocycles. The first-order valence-electron chi connectivity index (χ1n) is 4.70. The highest BCUT2D eigenvalue weighted by Crippen LogP contribution is 2.23. The Hall–Kier alpha value is -0.710. The van der Waals surface area contributed by atoms with Gasteiger partial charge >= 0.3 is 0 Å². The average molecular weight is 213 g/mol. The fourth-order valence-electron chi connectivity index (χ4n) is 1.59. The van der Waals surface area contributed by atoms with Crippen LogP contribution >= 0.6 is 0 Å². The molecule has 78 valence electrons. The standard InChI is InChI=1S/C10H15NO2S/c1-3-11(4-2,14(12)13)10-8-6-5-7-9-10/h5-9H,3-4H2,1-2H3. The molecule has 4 heteroatoms. The molecule has 0 aliphatic heterocycles. The predicted octanol–water partition coefficient (Wildman–Crippen LogP) is 1.83. The van der Waals surface area contributed by atoms with Gasteiger partial charge in [-0.3, -0.25) is 0 Å². The Morgan fingerprint density at radius 2 is 1.71 bits per heavy atom. The van der Waals surface area contributed by atoms with Gasteiger partial charge in [-0.25, -0.2) is 8.10 Å². The van der Waals surface area contributed by atoms with Crippen LogP contribution in [0.25, 0.3) is 0 Å². The molecule has 0 amide bonds. The van der Waals surface area contributed by atoms with E-state index in [1.54, 1.807) is 0 Å². The van der Waals surface area contributed by atoms with Crippen LogP contribution in [-0.2, 0) is 11.3 Å². The van der Waals surface area contributed by atoms with Gasteiger partial charge in [0.1, 0.15) is 5.69 Å². The molecule has 1 unspecified atom stereocenters. The first kappa shape index (κ1) is 11.4. The molecule has 1 atom stereocenters. The summed E-state index contributed by atoms with van der Waals surface area (Å²) in [5.74, 6) is 0. The fraction of sp³-hybridized carbons (Fsp3) is 0.400. The molecule has 1 aromatic carbocycles. The van der Waals surface area contributed by atoms with Gasteiger partial charge in [-0.1, -0.05) is 18.2 Å². The van der Waals surface area contributed by atoms with E-state index in [1.165, 1.54) is 0 Å². The topological polar surface area (TPSA) is 40.1 Å². The van der Waals surface area contributed by atoms with Crippen molar-refractivity contribution >= 4 is 17.0 Å². The summed E-state index contributed by atoms with van der Waals surface area (Å²) in [5, 5.41) is 0. The van der Waals surface area contributed by atoms with Gasteiger partial charge in [0.2, 0.25) is 0 Å². The lowest BCUT2D eigenvalue weighted by atomic mass is 10.3. The average Bonchev–Trinajstić information content (AvgIpc) is 2.22. The maximum atomic E-state index is 11.3. The van der Waals surface area contributed by atoms with E-state index >= 15 is 0 Å². The number of quaternary nitrogens is 1. The van der Waals surface area contributed by atoms with E-state index in [0.29, 0.717) is 13.1 Å². The third-order valence-electron chi connectivity index (χ3n) is 2.53. The third-order valence-corrected chi connectivity index (χ3v) is 3.83. The van der Waals surface area contributed by atoms with E-state index in [4.69, 9.17) is 0 Å². The summed E-state index contributed by atoms with van der Waals surface area (Å²) in [5.41, 5.74) is 0.825. The minimum atomic E-state index is -2.13. The second-order valence-electron chi connectivity index (χ2n) is 3.07. The van der Waals surface area contributed by atoms with Crippen molar-refractivity contribution in [3.05, 3.63) is 30.3 Å². The highest BCUT2D eigenvalue weighted by atomic mass is 32.2. The van der Waals surface area contributed by atoms with Gasteiger partial charge < -0.3 is 4.55 Å². The number of nitrogens with zero attached hydrogens (tertiary/aromatic N) is 1. The zero-order chi connectivity index (χ0) is 10.6. The normalized spacial score (nSPS) is 13.9. The van der Waals surface area contributed by atoms with E-state index in [0.717, 1.165) is 5.69 Å². The van der Waals surface area contributed by atoms with Crippen molar-refractivity contribution in [2.75, 3.05) is 13.1 Å². The molecule has 1 rings (SSSR count). The smallest absolute Gasteiger partial charge is 0.153 e. The van der Waals surface area contributed by atoms with Gasteiger partial charge in [0.25, 0.3) is 0 Å². The minimum Gasteiger partial charge on any atom is -0.724 e. The Morgan fingerprint density at radius 1 is 1.21 bits per heavy atom. The molecule has 0 radical (unpaired) electrons. The zero-order valence-corrected chi connectivity index (χ0v) is 9.29. The summed E-state index contributed by atoms with van der Waals surface area (Å²) in [6.45, 7) is 4.87. The summed E-state index contributed by atoms with van der Waals surface area (Å²) in [6, 6.07) is 9.31. The van der Waals surface area contributed by atoms with Crippen molar-refractivity contribution < 1.29 is 8.76 Å². The molecule has 14 heavy (non-hydrogen) atoms. The van der Waals surface area contributed by atoms with Crippen LogP contribution in [0.4, 0.5) is 5.69 Å². The van der Waals surface area contributed by atoms with E-state index in [-0.39, 0.29) is 3.89 Å². The van der Waals surface area contributed by atoms with Crippen LogP contribution in [0, 0.1) is 0 Å². The SMILES string of the molecule is CC[N+](CC)(c1ccccc1)S(=O)[O-].